The second-order valence-corrected chi connectivity index (χ2v) is 4.48. The molecule has 2 rings (SSSR count). The topological polar surface area (TPSA) is 107 Å². The Bertz CT molecular complexity index is 818. The molecule has 8 heteroatoms. The third-order valence-electron chi connectivity index (χ3n) is 3.13. The van der Waals surface area contributed by atoms with Crippen molar-refractivity contribution in [3.05, 3.63) is 63.5 Å². The molecular formula is C15H10FNO6. The lowest BCUT2D eigenvalue weighted by Crippen LogP contribution is -2.05. The van der Waals surface area contributed by atoms with Gasteiger partial charge in [0.2, 0.25) is 0 Å². The van der Waals surface area contributed by atoms with Gasteiger partial charge in [0.25, 0.3) is 5.69 Å². The van der Waals surface area contributed by atoms with Gasteiger partial charge in [-0.3, -0.25) is 10.1 Å². The van der Waals surface area contributed by atoms with Crippen molar-refractivity contribution in [2.45, 2.75) is 0 Å². The first-order valence-corrected chi connectivity index (χ1v) is 6.25. The monoisotopic (exact) mass is 319 g/mol. The van der Waals surface area contributed by atoms with Crippen LogP contribution in [-0.2, 0) is 4.74 Å². The van der Waals surface area contributed by atoms with Crippen molar-refractivity contribution in [2.24, 2.45) is 0 Å². The average molecular weight is 319 g/mol. The zero-order valence-corrected chi connectivity index (χ0v) is 11.8. The number of nitro groups is 1. The van der Waals surface area contributed by atoms with Crippen molar-refractivity contribution in [3.8, 4) is 11.1 Å². The molecule has 0 saturated heterocycles. The molecular weight excluding hydrogens is 309 g/mol. The summed E-state index contributed by atoms with van der Waals surface area (Å²) in [6.45, 7) is 0. The number of benzene rings is 2. The second-order valence-electron chi connectivity index (χ2n) is 4.48. The van der Waals surface area contributed by atoms with E-state index in [9.17, 15) is 24.1 Å². The number of hydrogen-bond acceptors (Lipinski definition) is 5. The molecule has 0 atom stereocenters. The molecule has 0 aliphatic heterocycles. The molecule has 2 aromatic rings. The number of nitro benzene ring substituents is 1. The maximum Gasteiger partial charge on any atom is 0.340 e. The molecule has 0 bridgehead atoms. The van der Waals surface area contributed by atoms with Crippen LogP contribution in [0.3, 0.4) is 0 Å². The summed E-state index contributed by atoms with van der Waals surface area (Å²) in [4.78, 5) is 32.8. The summed E-state index contributed by atoms with van der Waals surface area (Å²) in [6, 6.07) is 6.50. The molecule has 0 radical (unpaired) electrons. The Morgan fingerprint density at radius 2 is 1.83 bits per heavy atom. The normalized spacial score (nSPS) is 10.2. The van der Waals surface area contributed by atoms with Crippen LogP contribution < -0.4 is 0 Å². The fraction of sp³-hybridized carbons (Fsp3) is 0.0667. The van der Waals surface area contributed by atoms with Crippen molar-refractivity contribution in [1.82, 2.24) is 0 Å². The van der Waals surface area contributed by atoms with Crippen molar-refractivity contribution in [1.29, 1.82) is 0 Å². The van der Waals surface area contributed by atoms with Crippen LogP contribution in [0.5, 0.6) is 0 Å². The van der Waals surface area contributed by atoms with Gasteiger partial charge in [-0.25, -0.2) is 14.0 Å². The molecule has 2 aromatic carbocycles. The zero-order valence-electron chi connectivity index (χ0n) is 11.8. The molecule has 0 unspecified atom stereocenters. The summed E-state index contributed by atoms with van der Waals surface area (Å²) in [5.41, 5.74) is -0.805. The number of hydrogen-bond donors (Lipinski definition) is 1. The number of carboxylic acids is 1. The molecule has 7 nitrogen and oxygen atoms in total. The molecule has 118 valence electrons. The van der Waals surface area contributed by atoms with Crippen LogP contribution in [0.2, 0.25) is 0 Å². The van der Waals surface area contributed by atoms with E-state index in [4.69, 9.17) is 5.11 Å². The Hall–Kier alpha value is -3.29. The number of nitrogens with zero attached hydrogens (tertiary/aromatic N) is 1. The maximum absolute atomic E-state index is 14.0. The minimum atomic E-state index is -1.31. The van der Waals surface area contributed by atoms with Crippen LogP contribution in [0.4, 0.5) is 10.1 Å². The van der Waals surface area contributed by atoms with E-state index in [1.807, 2.05) is 0 Å². The number of carbonyl (C=O) groups is 2. The van der Waals surface area contributed by atoms with Crippen molar-refractivity contribution < 1.29 is 28.7 Å². The van der Waals surface area contributed by atoms with Crippen molar-refractivity contribution >= 4 is 17.6 Å². The fourth-order valence-corrected chi connectivity index (χ4v) is 2.03. The first-order valence-electron chi connectivity index (χ1n) is 6.25. The molecule has 0 aliphatic rings. The Morgan fingerprint density at radius 1 is 1.17 bits per heavy atom. The van der Waals surface area contributed by atoms with Gasteiger partial charge in [0.15, 0.2) is 0 Å². The number of esters is 1. The number of rotatable bonds is 4. The number of ether oxygens (including phenoxy) is 1. The van der Waals surface area contributed by atoms with Crippen molar-refractivity contribution in [2.75, 3.05) is 7.11 Å². The van der Waals surface area contributed by atoms with Crippen LogP contribution in [0, 0.1) is 15.9 Å². The molecule has 0 saturated carbocycles. The minimum Gasteiger partial charge on any atom is -0.478 e. The average Bonchev–Trinajstić information content (AvgIpc) is 2.53. The standard InChI is InChI=1S/C15H10FNO6/c1-23-15(20)11-4-2-8(6-13(11)16)12-7-9(17(21)22)3-5-10(12)14(18)19/h2-7H,1H3,(H,18,19). The predicted molar refractivity (Wildman–Crippen MR) is 76.8 cm³/mol. The number of carboxylic acid groups (broad SMARTS) is 1. The summed E-state index contributed by atoms with van der Waals surface area (Å²) in [7, 11) is 1.10. The molecule has 0 amide bonds. The third-order valence-corrected chi connectivity index (χ3v) is 3.13. The van der Waals surface area contributed by atoms with Gasteiger partial charge >= 0.3 is 11.9 Å². The summed E-state index contributed by atoms with van der Waals surface area (Å²) >= 11 is 0. The van der Waals surface area contributed by atoms with E-state index in [0.29, 0.717) is 0 Å². The Kier molecular flexibility index (Phi) is 4.35. The van der Waals surface area contributed by atoms with Gasteiger partial charge in [0.1, 0.15) is 5.82 Å². The molecule has 23 heavy (non-hydrogen) atoms. The van der Waals surface area contributed by atoms with E-state index in [-0.39, 0.29) is 27.9 Å². The highest BCUT2D eigenvalue weighted by molar-refractivity contribution is 5.97. The summed E-state index contributed by atoms with van der Waals surface area (Å²) < 4.78 is 18.4. The Balaban J connectivity index is 2.63. The highest BCUT2D eigenvalue weighted by Crippen LogP contribution is 2.29. The summed E-state index contributed by atoms with van der Waals surface area (Å²) in [5, 5.41) is 20.0. The van der Waals surface area contributed by atoms with E-state index in [2.05, 4.69) is 4.74 Å². The van der Waals surface area contributed by atoms with E-state index in [1.165, 1.54) is 6.07 Å². The maximum atomic E-state index is 14.0. The molecule has 0 heterocycles. The lowest BCUT2D eigenvalue weighted by molar-refractivity contribution is -0.384. The van der Waals surface area contributed by atoms with Crippen LogP contribution in [0.1, 0.15) is 20.7 Å². The highest BCUT2D eigenvalue weighted by Gasteiger charge is 2.19. The smallest absolute Gasteiger partial charge is 0.340 e. The SMILES string of the molecule is COC(=O)c1ccc(-c2cc([N+](=O)[O-])ccc2C(=O)O)cc1F. The van der Waals surface area contributed by atoms with Crippen LogP contribution in [-0.4, -0.2) is 29.1 Å². The largest absolute Gasteiger partial charge is 0.478 e. The van der Waals surface area contributed by atoms with Gasteiger partial charge in [0, 0.05) is 17.7 Å². The van der Waals surface area contributed by atoms with Gasteiger partial charge < -0.3 is 9.84 Å². The van der Waals surface area contributed by atoms with Gasteiger partial charge in [-0.15, -0.1) is 0 Å². The number of carbonyl (C=O) groups excluding carboxylic acids is 1. The summed E-state index contributed by atoms with van der Waals surface area (Å²) in [5.74, 6) is -3.11. The molecule has 0 fully saturated rings. The van der Waals surface area contributed by atoms with E-state index >= 15 is 0 Å². The Morgan fingerprint density at radius 3 is 2.35 bits per heavy atom. The molecule has 0 aliphatic carbocycles. The van der Waals surface area contributed by atoms with E-state index < -0.39 is 22.7 Å². The van der Waals surface area contributed by atoms with Gasteiger partial charge in [0.05, 0.1) is 23.2 Å². The zero-order chi connectivity index (χ0) is 17.1. The predicted octanol–water partition coefficient (Wildman–Crippen LogP) is 2.89. The fourth-order valence-electron chi connectivity index (χ4n) is 2.03. The first kappa shape index (κ1) is 16.1. The quantitative estimate of drug-likeness (QED) is 0.527. The minimum absolute atomic E-state index is 0.0259. The number of halogens is 1. The number of aromatic carboxylic acids is 1. The van der Waals surface area contributed by atoms with Crippen LogP contribution in [0.15, 0.2) is 36.4 Å². The molecule has 1 N–H and O–H groups in total. The lowest BCUT2D eigenvalue weighted by atomic mass is 9.97. The molecule has 0 aromatic heterocycles. The van der Waals surface area contributed by atoms with Crippen LogP contribution in [0.25, 0.3) is 11.1 Å². The highest BCUT2D eigenvalue weighted by atomic mass is 19.1. The third kappa shape index (κ3) is 3.15. The number of methoxy groups -OCH3 is 1. The summed E-state index contributed by atoms with van der Waals surface area (Å²) in [6.07, 6.45) is 0. The van der Waals surface area contributed by atoms with Crippen LogP contribution >= 0.6 is 0 Å². The second kappa shape index (κ2) is 6.22. The Labute approximate surface area is 129 Å². The number of non-ortho nitro benzene ring substituents is 1. The van der Waals surface area contributed by atoms with Gasteiger partial charge in [-0.1, -0.05) is 6.07 Å². The van der Waals surface area contributed by atoms with E-state index in [0.717, 1.165) is 37.4 Å². The first-order chi connectivity index (χ1) is 10.8. The molecule has 0 spiro atoms. The van der Waals surface area contributed by atoms with Crippen molar-refractivity contribution in [3.63, 3.8) is 0 Å². The lowest BCUT2D eigenvalue weighted by Gasteiger charge is -2.08. The van der Waals surface area contributed by atoms with Gasteiger partial charge in [-0.2, -0.15) is 0 Å². The van der Waals surface area contributed by atoms with Gasteiger partial charge in [-0.05, 0) is 23.8 Å². The van der Waals surface area contributed by atoms with E-state index in [1.54, 1.807) is 0 Å².